The summed E-state index contributed by atoms with van der Waals surface area (Å²) in [5.41, 5.74) is -0.678. The average molecular weight is 458 g/mol. The number of nitrogens with zero attached hydrogens (tertiary/aromatic N) is 3. The number of carbonyl (C=O) groups excluding carboxylic acids is 1. The van der Waals surface area contributed by atoms with Gasteiger partial charge in [0.1, 0.15) is 11.4 Å². The smallest absolute Gasteiger partial charge is 0.416 e. The van der Waals surface area contributed by atoms with Gasteiger partial charge in [0.2, 0.25) is 0 Å². The van der Waals surface area contributed by atoms with Crippen LogP contribution in [-0.2, 0) is 11.0 Å². The first kappa shape index (κ1) is 22.7. The third-order valence-corrected chi connectivity index (χ3v) is 5.22. The highest BCUT2D eigenvalue weighted by molar-refractivity contribution is 6.32. The van der Waals surface area contributed by atoms with Gasteiger partial charge in [0, 0.05) is 32.2 Å². The fourth-order valence-electron chi connectivity index (χ4n) is 3.26. The number of hydrogen-bond donors (Lipinski definition) is 0. The Hall–Kier alpha value is -3.01. The minimum atomic E-state index is -4.67. The number of piperazine rings is 1. The van der Waals surface area contributed by atoms with Crippen molar-refractivity contribution in [3.63, 3.8) is 0 Å². The van der Waals surface area contributed by atoms with Crippen molar-refractivity contribution in [2.75, 3.05) is 37.7 Å². The normalized spacial score (nSPS) is 14.5. The van der Waals surface area contributed by atoms with Crippen LogP contribution in [0.5, 0.6) is 5.75 Å². The Labute approximate surface area is 181 Å². The minimum Gasteiger partial charge on any atom is -0.482 e. The predicted octanol–water partition coefficient (Wildman–Crippen LogP) is 4.30. The van der Waals surface area contributed by atoms with Gasteiger partial charge in [0.05, 0.1) is 15.5 Å². The predicted molar refractivity (Wildman–Crippen MR) is 109 cm³/mol. The van der Waals surface area contributed by atoms with E-state index in [0.29, 0.717) is 16.8 Å². The van der Waals surface area contributed by atoms with Gasteiger partial charge in [-0.25, -0.2) is 0 Å². The lowest BCUT2D eigenvalue weighted by atomic mass is 10.1. The number of ether oxygens (including phenoxy) is 1. The van der Waals surface area contributed by atoms with Crippen molar-refractivity contribution in [1.29, 1.82) is 0 Å². The highest BCUT2D eigenvalue weighted by Gasteiger charge is 2.34. The number of nitro groups is 1. The molecule has 1 heterocycles. The molecule has 1 fully saturated rings. The molecule has 0 spiro atoms. The summed E-state index contributed by atoms with van der Waals surface area (Å²) in [6, 6.07) is 7.66. The van der Waals surface area contributed by atoms with Crippen LogP contribution >= 0.6 is 11.6 Å². The van der Waals surface area contributed by atoms with Crippen LogP contribution in [0, 0.1) is 17.0 Å². The number of benzene rings is 2. The zero-order chi connectivity index (χ0) is 22.8. The van der Waals surface area contributed by atoms with Crippen molar-refractivity contribution >= 4 is 28.9 Å². The Bertz CT molecular complexity index is 992. The summed E-state index contributed by atoms with van der Waals surface area (Å²) in [5, 5.41) is 11.7. The lowest BCUT2D eigenvalue weighted by molar-refractivity contribution is -0.384. The van der Waals surface area contributed by atoms with Gasteiger partial charge in [0.15, 0.2) is 6.61 Å². The maximum atomic E-state index is 12.9. The molecule has 0 aliphatic carbocycles. The number of halogens is 4. The minimum absolute atomic E-state index is 0.0906. The first-order valence-corrected chi connectivity index (χ1v) is 9.71. The molecule has 166 valence electrons. The average Bonchev–Trinajstić information content (AvgIpc) is 2.73. The van der Waals surface area contributed by atoms with E-state index >= 15 is 0 Å². The van der Waals surface area contributed by atoms with E-state index in [1.807, 2.05) is 13.0 Å². The molecule has 3 rings (SSSR count). The van der Waals surface area contributed by atoms with Crippen molar-refractivity contribution < 1.29 is 27.6 Å². The molecule has 1 amide bonds. The van der Waals surface area contributed by atoms with Crippen molar-refractivity contribution in [3.05, 3.63) is 62.7 Å². The number of carbonyl (C=O) groups is 1. The first-order valence-electron chi connectivity index (χ1n) is 9.33. The van der Waals surface area contributed by atoms with E-state index in [1.165, 1.54) is 4.90 Å². The number of rotatable bonds is 5. The van der Waals surface area contributed by atoms with Gasteiger partial charge in [-0.05, 0) is 36.8 Å². The molecule has 0 saturated carbocycles. The van der Waals surface area contributed by atoms with Crippen molar-refractivity contribution in [3.8, 4) is 5.75 Å². The van der Waals surface area contributed by atoms with Gasteiger partial charge >= 0.3 is 6.18 Å². The van der Waals surface area contributed by atoms with Crippen molar-refractivity contribution in [1.82, 2.24) is 4.90 Å². The van der Waals surface area contributed by atoms with Crippen LogP contribution < -0.4 is 9.64 Å². The fraction of sp³-hybridized carbons (Fsp3) is 0.350. The molecule has 2 aromatic rings. The van der Waals surface area contributed by atoms with E-state index in [1.54, 1.807) is 17.0 Å². The second-order valence-corrected chi connectivity index (χ2v) is 7.46. The van der Waals surface area contributed by atoms with Crippen LogP contribution in [0.4, 0.5) is 24.5 Å². The molecule has 1 aliphatic rings. The molecule has 11 heteroatoms. The zero-order valence-electron chi connectivity index (χ0n) is 16.5. The monoisotopic (exact) mass is 457 g/mol. The van der Waals surface area contributed by atoms with E-state index in [4.69, 9.17) is 16.3 Å². The van der Waals surface area contributed by atoms with Crippen molar-refractivity contribution in [2.24, 2.45) is 0 Å². The standard InChI is InChI=1S/C20H19ClF3N3O4/c1-13-2-4-15(21)18(10-13)31-12-19(28)26-8-6-25(7-9-26)16-5-3-14(20(22,23)24)11-17(16)27(29)30/h2-5,10-11H,6-9,12H2,1H3. The van der Waals surface area contributed by atoms with Crippen LogP contribution in [0.3, 0.4) is 0 Å². The summed E-state index contributed by atoms with van der Waals surface area (Å²) >= 11 is 6.05. The molecule has 0 atom stereocenters. The van der Waals surface area contributed by atoms with Gasteiger partial charge in [0.25, 0.3) is 11.6 Å². The maximum Gasteiger partial charge on any atom is 0.416 e. The summed E-state index contributed by atoms with van der Waals surface area (Å²) in [5.74, 6) is 0.119. The number of anilines is 1. The molecule has 0 radical (unpaired) electrons. The second kappa shape index (κ2) is 9.01. The molecular weight excluding hydrogens is 439 g/mol. The van der Waals surface area contributed by atoms with E-state index in [9.17, 15) is 28.1 Å². The van der Waals surface area contributed by atoms with Gasteiger partial charge in [-0.15, -0.1) is 0 Å². The summed E-state index contributed by atoms with van der Waals surface area (Å²) < 4.78 is 44.2. The van der Waals surface area contributed by atoms with E-state index in [-0.39, 0.29) is 44.4 Å². The van der Waals surface area contributed by atoms with Crippen LogP contribution in [0.25, 0.3) is 0 Å². The summed E-state index contributed by atoms with van der Waals surface area (Å²) in [6.45, 7) is 2.63. The Morgan fingerprint density at radius 1 is 1.16 bits per heavy atom. The van der Waals surface area contributed by atoms with Crippen LogP contribution in [0.1, 0.15) is 11.1 Å². The fourth-order valence-corrected chi connectivity index (χ4v) is 3.43. The largest absolute Gasteiger partial charge is 0.482 e. The molecule has 0 N–H and O–H groups in total. The van der Waals surface area contributed by atoms with E-state index in [0.717, 1.165) is 17.7 Å². The van der Waals surface area contributed by atoms with Gasteiger partial charge in [-0.3, -0.25) is 14.9 Å². The Morgan fingerprint density at radius 2 is 1.84 bits per heavy atom. The lowest BCUT2D eigenvalue weighted by Gasteiger charge is -2.35. The molecular formula is C20H19ClF3N3O4. The van der Waals surface area contributed by atoms with Crippen LogP contribution in [0.2, 0.25) is 5.02 Å². The van der Waals surface area contributed by atoms with Crippen molar-refractivity contribution in [2.45, 2.75) is 13.1 Å². The molecule has 7 nitrogen and oxygen atoms in total. The molecule has 0 aromatic heterocycles. The SMILES string of the molecule is Cc1ccc(Cl)c(OCC(=O)N2CCN(c3ccc(C(F)(F)F)cc3[N+](=O)[O-])CC2)c1. The number of nitro benzene ring substituents is 1. The Kier molecular flexibility index (Phi) is 6.59. The molecule has 2 aromatic carbocycles. The lowest BCUT2D eigenvalue weighted by Crippen LogP contribution is -2.50. The Morgan fingerprint density at radius 3 is 2.45 bits per heavy atom. The number of amides is 1. The van der Waals surface area contributed by atoms with Crippen LogP contribution in [0.15, 0.2) is 36.4 Å². The summed E-state index contributed by atoms with van der Waals surface area (Å²) in [7, 11) is 0. The third-order valence-electron chi connectivity index (χ3n) is 4.91. The van der Waals surface area contributed by atoms with Gasteiger partial charge in [-0.1, -0.05) is 17.7 Å². The first-order chi connectivity index (χ1) is 14.6. The topological polar surface area (TPSA) is 75.9 Å². The second-order valence-electron chi connectivity index (χ2n) is 7.05. The maximum absolute atomic E-state index is 12.9. The van der Waals surface area contributed by atoms with Gasteiger partial charge < -0.3 is 14.5 Å². The zero-order valence-corrected chi connectivity index (χ0v) is 17.2. The van der Waals surface area contributed by atoms with Gasteiger partial charge in [-0.2, -0.15) is 13.2 Å². The molecule has 31 heavy (non-hydrogen) atoms. The van der Waals surface area contributed by atoms with Crippen LogP contribution in [-0.4, -0.2) is 48.5 Å². The molecule has 1 aliphatic heterocycles. The summed E-state index contributed by atoms with van der Waals surface area (Å²) in [4.78, 5) is 26.1. The molecule has 1 saturated heterocycles. The quantitative estimate of drug-likeness (QED) is 0.494. The summed E-state index contributed by atoms with van der Waals surface area (Å²) in [6.07, 6.45) is -4.67. The Balaban J connectivity index is 1.63. The number of alkyl halides is 3. The third kappa shape index (κ3) is 5.38. The van der Waals surface area contributed by atoms with E-state index in [2.05, 4.69) is 0 Å². The van der Waals surface area contributed by atoms with E-state index < -0.39 is 22.4 Å². The highest BCUT2D eigenvalue weighted by Crippen LogP contribution is 2.36. The number of hydrogen-bond acceptors (Lipinski definition) is 5. The molecule has 0 bridgehead atoms. The highest BCUT2D eigenvalue weighted by atomic mass is 35.5. The molecule has 0 unspecified atom stereocenters. The number of aryl methyl sites for hydroxylation is 1.